The van der Waals surface area contributed by atoms with E-state index in [1.807, 2.05) is 30.3 Å². The molecule has 2 aromatic rings. The molecule has 0 aromatic heterocycles. The van der Waals surface area contributed by atoms with Gasteiger partial charge in [0.15, 0.2) is 0 Å². The summed E-state index contributed by atoms with van der Waals surface area (Å²) in [6.07, 6.45) is 0. The Balaban J connectivity index is 2.04. The monoisotopic (exact) mass is 286 g/mol. The van der Waals surface area contributed by atoms with Crippen LogP contribution in [0.25, 0.3) is 0 Å². The summed E-state index contributed by atoms with van der Waals surface area (Å²) in [5.41, 5.74) is 4.93. The Kier molecular flexibility index (Phi) is 4.75. The molecule has 1 N–H and O–H groups in total. The second kappa shape index (κ2) is 6.74. The van der Waals surface area contributed by atoms with Gasteiger partial charge in [-0.15, -0.1) is 0 Å². The van der Waals surface area contributed by atoms with Crippen molar-refractivity contribution in [3.05, 3.63) is 64.9 Å². The Bertz CT molecular complexity index is 685. The van der Waals surface area contributed by atoms with E-state index in [0.29, 0.717) is 11.4 Å². The van der Waals surface area contributed by atoms with Crippen LogP contribution in [0.3, 0.4) is 0 Å². The average molecular weight is 287 g/mol. The fraction of sp³-hybridized carbons (Fsp3) is 0.0625. The number of rotatable bonds is 2. The Hall–Kier alpha value is -2.31. The van der Waals surface area contributed by atoms with Crippen molar-refractivity contribution in [2.75, 3.05) is 5.43 Å². The molecular weight excluding hydrogens is 275 g/mol. The van der Waals surface area contributed by atoms with E-state index in [1.54, 1.807) is 13.0 Å². The maximum Gasteiger partial charge on any atom is 0.141 e. The van der Waals surface area contributed by atoms with Gasteiger partial charge >= 0.3 is 0 Å². The van der Waals surface area contributed by atoms with E-state index in [1.165, 1.54) is 12.1 Å². The number of nitrogens with zero attached hydrogens (tertiary/aromatic N) is 1. The molecule has 4 heteroatoms. The lowest BCUT2D eigenvalue weighted by atomic mass is 10.2. The maximum absolute atomic E-state index is 13.0. The van der Waals surface area contributed by atoms with E-state index in [0.717, 1.165) is 5.56 Å². The molecule has 0 unspecified atom stereocenters. The number of hydrogen-bond acceptors (Lipinski definition) is 2. The molecule has 0 bridgehead atoms. The molecule has 100 valence electrons. The lowest BCUT2D eigenvalue weighted by Gasteiger charge is -2.01. The third-order valence-corrected chi connectivity index (χ3v) is 2.72. The van der Waals surface area contributed by atoms with Crippen molar-refractivity contribution < 1.29 is 4.39 Å². The van der Waals surface area contributed by atoms with Gasteiger partial charge in [-0.1, -0.05) is 35.7 Å². The number of benzene rings is 2. The van der Waals surface area contributed by atoms with Crippen molar-refractivity contribution in [2.45, 2.75) is 6.92 Å². The normalized spacial score (nSPS) is 10.7. The van der Waals surface area contributed by atoms with Crippen LogP contribution in [0.4, 0.5) is 10.1 Å². The minimum atomic E-state index is -0.457. The van der Waals surface area contributed by atoms with Crippen molar-refractivity contribution in [3.8, 4) is 11.8 Å². The molecule has 0 saturated carbocycles. The van der Waals surface area contributed by atoms with Crippen molar-refractivity contribution in [1.82, 2.24) is 0 Å². The van der Waals surface area contributed by atoms with Gasteiger partial charge in [0.2, 0.25) is 0 Å². The molecule has 0 atom stereocenters. The zero-order valence-electron chi connectivity index (χ0n) is 10.8. The molecule has 2 nitrogen and oxygen atoms in total. The topological polar surface area (TPSA) is 24.4 Å². The molecule has 20 heavy (non-hydrogen) atoms. The van der Waals surface area contributed by atoms with Gasteiger partial charge < -0.3 is 0 Å². The number of hydrogen-bond donors (Lipinski definition) is 1. The highest BCUT2D eigenvalue weighted by Crippen LogP contribution is 2.19. The van der Waals surface area contributed by atoms with Crippen LogP contribution in [0.2, 0.25) is 5.02 Å². The lowest BCUT2D eigenvalue weighted by molar-refractivity contribution is 0.628. The van der Waals surface area contributed by atoms with Crippen LogP contribution in [-0.2, 0) is 0 Å². The first-order valence-electron chi connectivity index (χ1n) is 5.97. The van der Waals surface area contributed by atoms with Crippen molar-refractivity contribution >= 4 is 23.0 Å². The lowest BCUT2D eigenvalue weighted by Crippen LogP contribution is -1.95. The van der Waals surface area contributed by atoms with Crippen LogP contribution >= 0.6 is 11.6 Å². The van der Waals surface area contributed by atoms with Gasteiger partial charge in [0.1, 0.15) is 11.5 Å². The minimum Gasteiger partial charge on any atom is -0.278 e. The summed E-state index contributed by atoms with van der Waals surface area (Å²) in [5, 5.41) is 4.15. The predicted molar refractivity (Wildman–Crippen MR) is 81.5 cm³/mol. The summed E-state index contributed by atoms with van der Waals surface area (Å²) in [5.74, 6) is 5.46. The van der Waals surface area contributed by atoms with Gasteiger partial charge in [0, 0.05) is 5.56 Å². The van der Waals surface area contributed by atoms with Crippen LogP contribution < -0.4 is 5.43 Å². The first-order valence-corrected chi connectivity index (χ1v) is 6.35. The third kappa shape index (κ3) is 4.11. The van der Waals surface area contributed by atoms with Gasteiger partial charge in [0.25, 0.3) is 0 Å². The summed E-state index contributed by atoms with van der Waals surface area (Å²) < 4.78 is 13.0. The Morgan fingerprint density at radius 3 is 2.65 bits per heavy atom. The molecule has 0 fully saturated rings. The highest BCUT2D eigenvalue weighted by molar-refractivity contribution is 6.31. The SMILES string of the molecule is C/C(C#Cc1ccccc1)=N/Nc1ccc(F)c(Cl)c1. The molecular formula is C16H12ClFN2. The molecule has 0 spiro atoms. The van der Waals surface area contributed by atoms with Gasteiger partial charge in [0.05, 0.1) is 10.7 Å². The van der Waals surface area contributed by atoms with E-state index >= 15 is 0 Å². The first kappa shape index (κ1) is 14.1. The predicted octanol–water partition coefficient (Wildman–Crippen LogP) is 4.32. The Morgan fingerprint density at radius 2 is 1.95 bits per heavy atom. The Labute approximate surface area is 122 Å². The van der Waals surface area contributed by atoms with Crippen LogP contribution in [-0.4, -0.2) is 5.71 Å². The zero-order valence-corrected chi connectivity index (χ0v) is 11.6. The number of hydrazone groups is 1. The van der Waals surface area contributed by atoms with E-state index in [2.05, 4.69) is 22.4 Å². The minimum absolute atomic E-state index is 0.0539. The van der Waals surface area contributed by atoms with Crippen molar-refractivity contribution in [3.63, 3.8) is 0 Å². The van der Waals surface area contributed by atoms with E-state index in [4.69, 9.17) is 11.6 Å². The largest absolute Gasteiger partial charge is 0.278 e. The standard InChI is InChI=1S/C16H12ClFN2/c1-12(7-8-13-5-3-2-4-6-13)19-20-14-9-10-16(18)15(17)11-14/h2-6,9-11,20H,1H3/b19-12-. The molecule has 0 amide bonds. The van der Waals surface area contributed by atoms with Crippen LogP contribution in [0.15, 0.2) is 53.6 Å². The summed E-state index contributed by atoms with van der Waals surface area (Å²) in [6, 6.07) is 13.9. The molecule has 0 radical (unpaired) electrons. The molecule has 0 aliphatic rings. The van der Waals surface area contributed by atoms with Crippen LogP contribution in [0.5, 0.6) is 0 Å². The molecule has 0 saturated heterocycles. The summed E-state index contributed by atoms with van der Waals surface area (Å²) in [6.45, 7) is 1.79. The highest BCUT2D eigenvalue weighted by Gasteiger charge is 1.99. The van der Waals surface area contributed by atoms with E-state index in [-0.39, 0.29) is 5.02 Å². The number of nitrogens with one attached hydrogen (secondary N) is 1. The number of halogens is 2. The van der Waals surface area contributed by atoms with E-state index < -0.39 is 5.82 Å². The Morgan fingerprint density at radius 1 is 1.20 bits per heavy atom. The van der Waals surface area contributed by atoms with E-state index in [9.17, 15) is 4.39 Å². The van der Waals surface area contributed by atoms with Crippen molar-refractivity contribution in [1.29, 1.82) is 0 Å². The second-order valence-electron chi connectivity index (χ2n) is 4.05. The molecule has 0 heterocycles. The van der Waals surface area contributed by atoms with Gasteiger partial charge in [-0.3, -0.25) is 5.43 Å². The van der Waals surface area contributed by atoms with Gasteiger partial charge in [-0.05, 0) is 43.2 Å². The van der Waals surface area contributed by atoms with Gasteiger partial charge in [-0.25, -0.2) is 4.39 Å². The van der Waals surface area contributed by atoms with Gasteiger partial charge in [-0.2, -0.15) is 5.10 Å². The fourth-order valence-electron chi connectivity index (χ4n) is 1.43. The zero-order chi connectivity index (χ0) is 14.4. The third-order valence-electron chi connectivity index (χ3n) is 2.43. The molecule has 0 aliphatic carbocycles. The fourth-order valence-corrected chi connectivity index (χ4v) is 1.61. The van der Waals surface area contributed by atoms with Crippen LogP contribution in [0, 0.1) is 17.7 Å². The summed E-state index contributed by atoms with van der Waals surface area (Å²) >= 11 is 5.68. The molecule has 2 aromatic carbocycles. The van der Waals surface area contributed by atoms with Crippen LogP contribution in [0.1, 0.15) is 12.5 Å². The highest BCUT2D eigenvalue weighted by atomic mass is 35.5. The number of anilines is 1. The smallest absolute Gasteiger partial charge is 0.141 e. The average Bonchev–Trinajstić information content (AvgIpc) is 2.47. The quantitative estimate of drug-likeness (QED) is 0.496. The summed E-state index contributed by atoms with van der Waals surface area (Å²) in [7, 11) is 0. The second-order valence-corrected chi connectivity index (χ2v) is 4.46. The first-order chi connectivity index (χ1) is 9.65. The van der Waals surface area contributed by atoms with Crippen molar-refractivity contribution in [2.24, 2.45) is 5.10 Å². The molecule has 0 aliphatic heterocycles. The maximum atomic E-state index is 13.0. The summed E-state index contributed by atoms with van der Waals surface area (Å²) in [4.78, 5) is 0. The molecule has 2 rings (SSSR count).